The molecular weight excluding hydrogens is 168 g/mol. The predicted octanol–water partition coefficient (Wildman–Crippen LogP) is 0.942. The maximum Gasteiger partial charge on any atom is 0.179 e. The second-order valence-corrected chi connectivity index (χ2v) is 3.12. The molecule has 0 spiro atoms. The molecule has 0 aromatic carbocycles. The van der Waals surface area contributed by atoms with Gasteiger partial charge in [-0.15, -0.1) is 0 Å². The first-order valence-corrected chi connectivity index (χ1v) is 4.66. The van der Waals surface area contributed by atoms with Crippen LogP contribution in [0.25, 0.3) is 0 Å². The molecule has 13 heavy (non-hydrogen) atoms. The molecule has 0 radical (unpaired) electrons. The molecule has 74 valence electrons. The zero-order valence-electron chi connectivity index (χ0n) is 8.03. The monoisotopic (exact) mass is 184 g/mol. The molecule has 1 aliphatic heterocycles. The number of rotatable bonds is 1. The van der Waals surface area contributed by atoms with Crippen molar-refractivity contribution in [1.29, 1.82) is 5.26 Å². The van der Waals surface area contributed by atoms with Gasteiger partial charge in [0.15, 0.2) is 12.5 Å². The van der Waals surface area contributed by atoms with Crippen molar-refractivity contribution in [2.24, 2.45) is 0 Å². The second-order valence-electron chi connectivity index (χ2n) is 3.12. The molecule has 0 bridgehead atoms. The van der Waals surface area contributed by atoms with Crippen molar-refractivity contribution >= 4 is 0 Å². The molecule has 0 N–H and O–H groups in total. The fourth-order valence-electron chi connectivity index (χ4n) is 1.40. The van der Waals surface area contributed by atoms with Gasteiger partial charge < -0.3 is 14.4 Å². The molecule has 1 atom stereocenters. The minimum atomic E-state index is -0.0846. The molecule has 1 aliphatic rings. The van der Waals surface area contributed by atoms with Crippen LogP contribution in [0.15, 0.2) is 0 Å². The Morgan fingerprint density at radius 2 is 2.23 bits per heavy atom. The maximum absolute atomic E-state index is 8.73. The van der Waals surface area contributed by atoms with E-state index in [1.807, 2.05) is 0 Å². The Labute approximate surface area is 79.0 Å². The van der Waals surface area contributed by atoms with E-state index >= 15 is 0 Å². The molecule has 4 heteroatoms. The first kappa shape index (κ1) is 10.3. The summed E-state index contributed by atoms with van der Waals surface area (Å²) in [5.74, 6) is 0. The van der Waals surface area contributed by atoms with Crippen molar-refractivity contribution in [3.8, 4) is 6.19 Å². The lowest BCUT2D eigenvalue weighted by Gasteiger charge is -2.14. The fourth-order valence-corrected chi connectivity index (χ4v) is 1.40. The largest absolute Gasteiger partial charge is 0.356 e. The van der Waals surface area contributed by atoms with Crippen molar-refractivity contribution < 1.29 is 9.47 Å². The molecule has 0 amide bonds. The highest BCUT2D eigenvalue weighted by molar-refractivity contribution is 4.74. The van der Waals surface area contributed by atoms with Crippen LogP contribution in [-0.2, 0) is 9.47 Å². The van der Waals surface area contributed by atoms with Crippen molar-refractivity contribution in [2.75, 3.05) is 26.8 Å². The van der Waals surface area contributed by atoms with Crippen LogP contribution in [0.3, 0.4) is 0 Å². The van der Waals surface area contributed by atoms with Gasteiger partial charge in [0.25, 0.3) is 0 Å². The Bertz CT molecular complexity index is 179. The number of nitriles is 1. The average molecular weight is 184 g/mol. The Hall–Kier alpha value is -0.790. The normalized spacial score (nSPS) is 25.5. The molecule has 1 rings (SSSR count). The molecule has 1 saturated heterocycles. The van der Waals surface area contributed by atoms with Crippen LogP contribution in [0.4, 0.5) is 0 Å². The number of methoxy groups -OCH3 is 1. The lowest BCUT2D eigenvalue weighted by atomic mass is 10.3. The minimum absolute atomic E-state index is 0.0846. The number of ether oxygens (including phenoxy) is 2. The van der Waals surface area contributed by atoms with Crippen molar-refractivity contribution in [1.82, 2.24) is 4.90 Å². The Kier molecular flexibility index (Phi) is 4.58. The van der Waals surface area contributed by atoms with E-state index in [0.29, 0.717) is 6.61 Å². The first-order valence-electron chi connectivity index (χ1n) is 4.66. The summed E-state index contributed by atoms with van der Waals surface area (Å²) in [5.41, 5.74) is 0. The molecule has 0 aromatic rings. The quantitative estimate of drug-likeness (QED) is 0.569. The van der Waals surface area contributed by atoms with Crippen LogP contribution in [0.5, 0.6) is 0 Å². The van der Waals surface area contributed by atoms with E-state index in [9.17, 15) is 0 Å². The average Bonchev–Trinajstić information content (AvgIpc) is 2.28. The van der Waals surface area contributed by atoms with Crippen LogP contribution < -0.4 is 0 Å². The highest BCUT2D eigenvalue weighted by Gasteiger charge is 2.11. The van der Waals surface area contributed by atoms with Gasteiger partial charge in [-0.05, 0) is 12.8 Å². The molecule has 4 nitrogen and oxygen atoms in total. The van der Waals surface area contributed by atoms with Gasteiger partial charge in [-0.1, -0.05) is 0 Å². The summed E-state index contributed by atoms with van der Waals surface area (Å²) in [6, 6.07) is 0. The highest BCUT2D eigenvalue weighted by atomic mass is 16.7. The van der Waals surface area contributed by atoms with Gasteiger partial charge in [0.2, 0.25) is 0 Å². The van der Waals surface area contributed by atoms with Gasteiger partial charge in [-0.25, -0.2) is 0 Å². The van der Waals surface area contributed by atoms with E-state index in [2.05, 4.69) is 6.19 Å². The van der Waals surface area contributed by atoms with Crippen molar-refractivity contribution in [3.63, 3.8) is 0 Å². The van der Waals surface area contributed by atoms with Crippen LogP contribution in [0, 0.1) is 11.5 Å². The SMILES string of the molecule is COC1CCCN(C#N)CCCO1. The van der Waals surface area contributed by atoms with E-state index in [0.717, 1.165) is 32.4 Å². The van der Waals surface area contributed by atoms with Gasteiger partial charge in [-0.3, -0.25) is 0 Å². The molecule has 1 heterocycles. The minimum Gasteiger partial charge on any atom is -0.356 e. The van der Waals surface area contributed by atoms with Crippen molar-refractivity contribution in [3.05, 3.63) is 0 Å². The Balaban J connectivity index is 2.34. The van der Waals surface area contributed by atoms with Gasteiger partial charge in [0, 0.05) is 26.6 Å². The van der Waals surface area contributed by atoms with Crippen molar-refractivity contribution in [2.45, 2.75) is 25.6 Å². The Morgan fingerprint density at radius 1 is 1.46 bits per heavy atom. The highest BCUT2D eigenvalue weighted by Crippen LogP contribution is 2.08. The summed E-state index contributed by atoms with van der Waals surface area (Å²) in [5, 5.41) is 8.73. The summed E-state index contributed by atoms with van der Waals surface area (Å²) < 4.78 is 10.6. The molecule has 1 unspecified atom stereocenters. The Morgan fingerprint density at radius 3 is 2.92 bits per heavy atom. The third-order valence-electron chi connectivity index (χ3n) is 2.15. The molecule has 0 aliphatic carbocycles. The molecular formula is C9H16N2O2. The molecule has 0 saturated carbocycles. The maximum atomic E-state index is 8.73. The third-order valence-corrected chi connectivity index (χ3v) is 2.15. The second kappa shape index (κ2) is 5.79. The fraction of sp³-hybridized carbons (Fsp3) is 0.889. The summed E-state index contributed by atoms with van der Waals surface area (Å²) in [7, 11) is 1.66. The molecule has 1 fully saturated rings. The van der Waals surface area contributed by atoms with E-state index < -0.39 is 0 Å². The van der Waals surface area contributed by atoms with E-state index in [-0.39, 0.29) is 6.29 Å². The van der Waals surface area contributed by atoms with Gasteiger partial charge in [0.1, 0.15) is 0 Å². The van der Waals surface area contributed by atoms with Crippen LogP contribution >= 0.6 is 0 Å². The smallest absolute Gasteiger partial charge is 0.179 e. The standard InChI is InChI=1S/C9H16N2O2/c1-12-9-4-2-5-11(8-10)6-3-7-13-9/h9H,2-7H2,1H3. The van der Waals surface area contributed by atoms with Crippen LogP contribution in [-0.4, -0.2) is 38.0 Å². The zero-order valence-corrected chi connectivity index (χ0v) is 8.03. The lowest BCUT2D eigenvalue weighted by molar-refractivity contribution is -0.126. The predicted molar refractivity (Wildman–Crippen MR) is 47.8 cm³/mol. The lowest BCUT2D eigenvalue weighted by Crippen LogP contribution is -2.20. The summed E-state index contributed by atoms with van der Waals surface area (Å²) >= 11 is 0. The summed E-state index contributed by atoms with van der Waals surface area (Å²) in [6.45, 7) is 2.29. The number of nitrogens with zero attached hydrogens (tertiary/aromatic N) is 2. The summed E-state index contributed by atoms with van der Waals surface area (Å²) in [6.07, 6.45) is 4.80. The number of hydrogen-bond donors (Lipinski definition) is 0. The number of hydrogen-bond acceptors (Lipinski definition) is 4. The zero-order chi connectivity index (χ0) is 9.52. The topological polar surface area (TPSA) is 45.5 Å². The van der Waals surface area contributed by atoms with E-state index in [4.69, 9.17) is 14.7 Å². The summed E-state index contributed by atoms with van der Waals surface area (Å²) in [4.78, 5) is 1.78. The van der Waals surface area contributed by atoms with Crippen LogP contribution in [0.1, 0.15) is 19.3 Å². The van der Waals surface area contributed by atoms with Gasteiger partial charge in [-0.2, -0.15) is 5.26 Å². The van der Waals surface area contributed by atoms with E-state index in [1.54, 1.807) is 12.0 Å². The van der Waals surface area contributed by atoms with E-state index in [1.165, 1.54) is 0 Å². The third kappa shape index (κ3) is 3.62. The first-order chi connectivity index (χ1) is 6.36. The van der Waals surface area contributed by atoms with Gasteiger partial charge >= 0.3 is 0 Å². The molecule has 0 aromatic heterocycles. The van der Waals surface area contributed by atoms with Gasteiger partial charge in [0.05, 0.1) is 6.61 Å². The van der Waals surface area contributed by atoms with Crippen LogP contribution in [0.2, 0.25) is 0 Å².